The first-order chi connectivity index (χ1) is 10.6. The lowest BCUT2D eigenvalue weighted by atomic mass is 10.0. The molecule has 1 nitrogen and oxygen atoms in total. The quantitative estimate of drug-likeness (QED) is 0.768. The number of fused-ring (bicyclic) bond motifs is 2. The molecule has 0 aromatic heterocycles. The van der Waals surface area contributed by atoms with Gasteiger partial charge in [-0.3, -0.25) is 0 Å². The van der Waals surface area contributed by atoms with Gasteiger partial charge in [0.1, 0.15) is 8.07 Å². The van der Waals surface area contributed by atoms with Crippen LogP contribution in [0.25, 0.3) is 0 Å². The van der Waals surface area contributed by atoms with Crippen molar-refractivity contribution >= 4 is 30.9 Å². The van der Waals surface area contributed by atoms with E-state index in [1.165, 1.54) is 31.9 Å². The van der Waals surface area contributed by atoms with Gasteiger partial charge in [-0.25, -0.2) is 0 Å². The summed E-state index contributed by atoms with van der Waals surface area (Å²) in [4.78, 5) is 2.31. The summed E-state index contributed by atoms with van der Waals surface area (Å²) in [6.07, 6.45) is 3.69. The number of rotatable bonds is 4. The summed E-state index contributed by atoms with van der Waals surface area (Å²) in [5.74, 6) is 0. The minimum atomic E-state index is -1.62. The summed E-state index contributed by atoms with van der Waals surface area (Å²) >= 11 is 0. The van der Waals surface area contributed by atoms with Crippen LogP contribution in [0.2, 0.25) is 12.6 Å². The van der Waals surface area contributed by atoms with Crippen molar-refractivity contribution in [1.29, 1.82) is 0 Å². The van der Waals surface area contributed by atoms with Crippen LogP contribution in [0.1, 0.15) is 17.5 Å². The number of halogens is 1. The van der Waals surface area contributed by atoms with Crippen LogP contribution in [0.15, 0.2) is 48.5 Å². The summed E-state index contributed by atoms with van der Waals surface area (Å²) in [6.45, 7) is 3.78. The van der Waals surface area contributed by atoms with E-state index in [4.69, 9.17) is 0 Å². The van der Waals surface area contributed by atoms with Crippen molar-refractivity contribution in [3.05, 3.63) is 59.7 Å². The van der Waals surface area contributed by atoms with Crippen LogP contribution in [0.3, 0.4) is 0 Å². The van der Waals surface area contributed by atoms with Crippen LogP contribution in [0.4, 0.5) is 0 Å². The average molecular weight is 346 g/mol. The van der Waals surface area contributed by atoms with Gasteiger partial charge in [-0.15, -0.1) is 12.4 Å². The normalized spacial score (nSPS) is 15.3. The standard InChI is InChI=1S/C20H27NSi.ClH/c1-21(2)15-8-16-22(3)19-11-6-4-9-17(19)13-14-18-10-5-7-12-20(18)22;/h4-7,9-12H,8,13-16H2,1-3H3;1H. The van der Waals surface area contributed by atoms with Gasteiger partial charge < -0.3 is 4.90 Å². The molecule has 0 aliphatic carbocycles. The second kappa shape index (κ2) is 7.65. The van der Waals surface area contributed by atoms with E-state index >= 15 is 0 Å². The van der Waals surface area contributed by atoms with Crippen LogP contribution in [-0.4, -0.2) is 33.6 Å². The second-order valence-corrected chi connectivity index (χ2v) is 11.3. The lowest BCUT2D eigenvalue weighted by Crippen LogP contribution is -2.57. The Morgan fingerprint density at radius 3 is 1.83 bits per heavy atom. The lowest BCUT2D eigenvalue weighted by molar-refractivity contribution is 0.408. The maximum atomic E-state index is 2.59. The van der Waals surface area contributed by atoms with Crippen LogP contribution >= 0.6 is 12.4 Å². The van der Waals surface area contributed by atoms with Gasteiger partial charge in [0.15, 0.2) is 0 Å². The molecular formula is C20H28ClNSi. The van der Waals surface area contributed by atoms with Crippen molar-refractivity contribution in [2.75, 3.05) is 20.6 Å². The second-order valence-electron chi connectivity index (χ2n) is 7.05. The number of hydrogen-bond donors (Lipinski definition) is 0. The predicted molar refractivity (Wildman–Crippen MR) is 106 cm³/mol. The summed E-state index contributed by atoms with van der Waals surface area (Å²) < 4.78 is 0. The summed E-state index contributed by atoms with van der Waals surface area (Å²) in [5, 5.41) is 3.36. The molecule has 0 fully saturated rings. The molecule has 2 aromatic rings. The highest BCUT2D eigenvalue weighted by molar-refractivity contribution is 7.02. The van der Waals surface area contributed by atoms with Crippen LogP contribution < -0.4 is 10.4 Å². The molecule has 0 saturated carbocycles. The minimum absolute atomic E-state index is 0. The zero-order chi connectivity index (χ0) is 15.6. The van der Waals surface area contributed by atoms with E-state index in [1.54, 1.807) is 21.5 Å². The Morgan fingerprint density at radius 2 is 1.35 bits per heavy atom. The molecule has 0 atom stereocenters. The molecule has 0 amide bonds. The van der Waals surface area contributed by atoms with Crippen molar-refractivity contribution in [1.82, 2.24) is 4.90 Å². The molecule has 124 valence electrons. The van der Waals surface area contributed by atoms with E-state index in [0.29, 0.717) is 0 Å². The van der Waals surface area contributed by atoms with Crippen molar-refractivity contribution in [2.45, 2.75) is 31.9 Å². The zero-order valence-corrected chi connectivity index (χ0v) is 16.3. The molecule has 2 aromatic carbocycles. The highest BCUT2D eigenvalue weighted by atomic mass is 35.5. The fourth-order valence-electron chi connectivity index (χ4n) is 3.99. The molecule has 0 spiro atoms. The van der Waals surface area contributed by atoms with Crippen LogP contribution in [0, 0.1) is 0 Å². The van der Waals surface area contributed by atoms with Gasteiger partial charge in [-0.2, -0.15) is 0 Å². The Balaban J connectivity index is 0.00000192. The topological polar surface area (TPSA) is 3.24 Å². The monoisotopic (exact) mass is 345 g/mol. The molecule has 0 radical (unpaired) electrons. The first-order valence-electron chi connectivity index (χ1n) is 8.43. The third kappa shape index (κ3) is 3.71. The highest BCUT2D eigenvalue weighted by Gasteiger charge is 2.36. The molecule has 23 heavy (non-hydrogen) atoms. The molecule has 0 unspecified atom stereocenters. The van der Waals surface area contributed by atoms with Gasteiger partial charge in [-0.1, -0.05) is 65.5 Å². The van der Waals surface area contributed by atoms with Crippen LogP contribution in [-0.2, 0) is 12.8 Å². The van der Waals surface area contributed by atoms with Crippen molar-refractivity contribution in [3.8, 4) is 0 Å². The first-order valence-corrected chi connectivity index (χ1v) is 11.1. The van der Waals surface area contributed by atoms with E-state index in [2.05, 4.69) is 74.1 Å². The molecule has 1 heterocycles. The molecule has 1 aliphatic heterocycles. The Labute approximate surface area is 148 Å². The Morgan fingerprint density at radius 1 is 0.870 bits per heavy atom. The molecule has 3 heteroatoms. The van der Waals surface area contributed by atoms with Gasteiger partial charge in [0.2, 0.25) is 0 Å². The smallest absolute Gasteiger partial charge is 0.115 e. The summed E-state index contributed by atoms with van der Waals surface area (Å²) in [7, 11) is 2.74. The Hall–Kier alpha value is -1.09. The molecule has 0 bridgehead atoms. The van der Waals surface area contributed by atoms with Crippen LogP contribution in [0.5, 0.6) is 0 Å². The average Bonchev–Trinajstić information content (AvgIpc) is 2.64. The van der Waals surface area contributed by atoms with Crippen molar-refractivity contribution in [2.24, 2.45) is 0 Å². The van der Waals surface area contributed by atoms with Gasteiger partial charge in [0.05, 0.1) is 0 Å². The highest BCUT2D eigenvalue weighted by Crippen LogP contribution is 2.22. The third-order valence-corrected chi connectivity index (χ3v) is 9.88. The van der Waals surface area contributed by atoms with E-state index in [9.17, 15) is 0 Å². The number of nitrogens with zero attached hydrogens (tertiary/aromatic N) is 1. The van der Waals surface area contributed by atoms with Gasteiger partial charge >= 0.3 is 0 Å². The largest absolute Gasteiger partial charge is 0.309 e. The van der Waals surface area contributed by atoms with E-state index in [-0.39, 0.29) is 12.4 Å². The molecule has 1 aliphatic rings. The zero-order valence-electron chi connectivity index (χ0n) is 14.5. The molecule has 3 rings (SSSR count). The minimum Gasteiger partial charge on any atom is -0.309 e. The van der Waals surface area contributed by atoms with E-state index < -0.39 is 8.07 Å². The maximum absolute atomic E-state index is 2.59. The fraction of sp³-hybridized carbons (Fsp3) is 0.400. The van der Waals surface area contributed by atoms with Crippen molar-refractivity contribution < 1.29 is 0 Å². The number of hydrogen-bond acceptors (Lipinski definition) is 1. The maximum Gasteiger partial charge on any atom is 0.115 e. The SMILES string of the molecule is CN(C)CCC[Si]1(C)c2ccccc2CCc2ccccc21.Cl. The first kappa shape index (κ1) is 18.2. The van der Waals surface area contributed by atoms with E-state index in [1.807, 2.05) is 0 Å². The predicted octanol–water partition coefficient (Wildman–Crippen LogP) is 3.35. The lowest BCUT2D eigenvalue weighted by Gasteiger charge is -2.31. The number of benzene rings is 2. The van der Waals surface area contributed by atoms with Gasteiger partial charge in [-0.05, 0) is 57.1 Å². The summed E-state index contributed by atoms with van der Waals surface area (Å²) in [6, 6.07) is 19.8. The molecule has 0 N–H and O–H groups in total. The fourth-order valence-corrected chi connectivity index (χ4v) is 8.44. The Kier molecular flexibility index (Phi) is 6.07. The summed E-state index contributed by atoms with van der Waals surface area (Å²) in [5.41, 5.74) is 3.19. The van der Waals surface area contributed by atoms with E-state index in [0.717, 1.165) is 0 Å². The molecule has 0 saturated heterocycles. The number of aryl methyl sites for hydroxylation is 2. The van der Waals surface area contributed by atoms with Crippen molar-refractivity contribution in [3.63, 3.8) is 0 Å². The van der Waals surface area contributed by atoms with Gasteiger partial charge in [0, 0.05) is 0 Å². The molecular weight excluding hydrogens is 318 g/mol. The third-order valence-electron chi connectivity index (χ3n) is 5.17. The van der Waals surface area contributed by atoms with Gasteiger partial charge in [0.25, 0.3) is 0 Å². The Bertz CT molecular complexity index is 606.